The number of hydrogen-bond donors (Lipinski definition) is 0. The Morgan fingerprint density at radius 3 is 1.07 bits per heavy atom. The van der Waals surface area contributed by atoms with E-state index in [1.807, 2.05) is 24.3 Å². The molecule has 4 rings (SSSR count). The van der Waals surface area contributed by atoms with Crippen LogP contribution in [0.4, 0.5) is 11.6 Å². The molecule has 4 nitrogen and oxygen atoms in total. The molecule has 4 aromatic rings. The van der Waals surface area contributed by atoms with E-state index in [0.717, 1.165) is 36.1 Å². The van der Waals surface area contributed by atoms with Gasteiger partial charge in [0.1, 0.15) is 0 Å². The van der Waals surface area contributed by atoms with Crippen LogP contribution >= 0.6 is 0 Å². The van der Waals surface area contributed by atoms with Crippen LogP contribution in [0.5, 0.6) is 0 Å². The van der Waals surface area contributed by atoms with Gasteiger partial charge in [-0.2, -0.15) is 0 Å². The van der Waals surface area contributed by atoms with Crippen molar-refractivity contribution in [3.05, 3.63) is 120 Å². The maximum Gasteiger partial charge on any atom is 4.00 e. The molecule has 0 N–H and O–H groups in total. The molecule has 0 spiro atoms. The van der Waals surface area contributed by atoms with Crippen molar-refractivity contribution in [2.24, 2.45) is 10.8 Å². The third-order valence-corrected chi connectivity index (χ3v) is 6.77. The van der Waals surface area contributed by atoms with Gasteiger partial charge in [0.15, 0.2) is 0 Å². The summed E-state index contributed by atoms with van der Waals surface area (Å²) in [6.45, 7) is 27.6. The maximum absolute atomic E-state index is 4.73. The summed E-state index contributed by atoms with van der Waals surface area (Å²) in [6.07, 6.45) is 0. The first kappa shape index (κ1) is 42.2. The zero-order valence-electron chi connectivity index (χ0n) is 30.5. The Labute approximate surface area is 295 Å². The Morgan fingerprint density at radius 1 is 0.511 bits per heavy atom. The molecule has 45 heavy (non-hydrogen) atoms. The van der Waals surface area contributed by atoms with E-state index in [1.54, 1.807) is 0 Å². The number of rotatable bonds is 6. The summed E-state index contributed by atoms with van der Waals surface area (Å²) in [7, 11) is 0. The molecule has 0 atom stereocenters. The van der Waals surface area contributed by atoms with Crippen molar-refractivity contribution < 1.29 is 26.2 Å². The number of pyridine rings is 2. The van der Waals surface area contributed by atoms with Crippen LogP contribution in [0.25, 0.3) is 33.1 Å². The van der Waals surface area contributed by atoms with Gasteiger partial charge in [-0.05, 0) is 110 Å². The van der Waals surface area contributed by atoms with Crippen LogP contribution in [0.15, 0.2) is 60.7 Å². The summed E-state index contributed by atoms with van der Waals surface area (Å²) in [5.74, 6) is 1.64. The second kappa shape index (κ2) is 17.8. The fourth-order valence-corrected chi connectivity index (χ4v) is 5.11. The molecule has 0 amide bonds. The van der Waals surface area contributed by atoms with E-state index in [1.165, 1.54) is 44.5 Å². The first-order valence-corrected chi connectivity index (χ1v) is 15.0. The van der Waals surface area contributed by atoms with Gasteiger partial charge in [0.05, 0.1) is 0 Å². The summed E-state index contributed by atoms with van der Waals surface area (Å²) in [5.41, 5.74) is 12.5. The number of benzene rings is 2. The summed E-state index contributed by atoms with van der Waals surface area (Å²) in [4.78, 5) is 9.46. The van der Waals surface area contributed by atoms with Crippen LogP contribution in [-0.4, -0.2) is 23.1 Å². The quantitative estimate of drug-likeness (QED) is 0.190. The molecule has 2 heterocycles. The van der Waals surface area contributed by atoms with Gasteiger partial charge in [0, 0.05) is 0 Å². The van der Waals surface area contributed by atoms with Crippen LogP contribution in [0, 0.1) is 67.2 Å². The molecule has 0 aliphatic carbocycles. The topological polar surface area (TPSA) is 54.0 Å². The van der Waals surface area contributed by atoms with Gasteiger partial charge in [-0.25, -0.2) is 0 Å². The van der Waals surface area contributed by atoms with Gasteiger partial charge in [-0.15, -0.1) is 0 Å². The van der Waals surface area contributed by atoms with E-state index in [-0.39, 0.29) is 51.9 Å². The predicted molar refractivity (Wildman–Crippen MR) is 195 cm³/mol. The van der Waals surface area contributed by atoms with Crippen molar-refractivity contribution in [3.63, 3.8) is 0 Å². The summed E-state index contributed by atoms with van der Waals surface area (Å²) in [5, 5.41) is 9.26. The first-order chi connectivity index (χ1) is 19.5. The Morgan fingerprint density at radius 2 is 0.800 bits per heavy atom. The Bertz CT molecular complexity index is 1350. The van der Waals surface area contributed by atoms with Gasteiger partial charge in [0.2, 0.25) is 0 Å². The monoisotopic (exact) mass is 682 g/mol. The van der Waals surface area contributed by atoms with Crippen molar-refractivity contribution in [2.75, 3.05) is 13.1 Å². The van der Waals surface area contributed by atoms with Crippen molar-refractivity contribution in [3.8, 4) is 22.5 Å². The van der Waals surface area contributed by atoms with E-state index in [2.05, 4.69) is 130 Å². The van der Waals surface area contributed by atoms with E-state index in [4.69, 9.17) is 9.97 Å². The smallest absolute Gasteiger partial charge is 0.465 e. The molecular formula is C40H56N4Zr. The minimum Gasteiger partial charge on any atom is -0.465 e. The first-order valence-electron chi connectivity index (χ1n) is 15.0. The van der Waals surface area contributed by atoms with Crippen LogP contribution in [-0.2, 0) is 26.2 Å². The number of aromatic nitrogens is 2. The van der Waals surface area contributed by atoms with Gasteiger partial charge >= 0.3 is 26.2 Å². The molecule has 0 aliphatic rings. The molecule has 2 aromatic heterocycles. The van der Waals surface area contributed by atoms with Crippen LogP contribution in [0.2, 0.25) is 0 Å². The second-order valence-electron chi connectivity index (χ2n) is 14.1. The summed E-state index contributed by atoms with van der Waals surface area (Å²) >= 11 is 0. The number of hydrogen-bond acceptors (Lipinski definition) is 2. The average Bonchev–Trinajstić information content (AvgIpc) is 2.85. The van der Waals surface area contributed by atoms with Crippen molar-refractivity contribution in [1.29, 1.82) is 0 Å². The molecule has 0 fully saturated rings. The van der Waals surface area contributed by atoms with E-state index in [0.29, 0.717) is 0 Å². The fraction of sp³-hybridized carbons (Fsp3) is 0.400. The van der Waals surface area contributed by atoms with Crippen LogP contribution in [0.3, 0.4) is 0 Å². The zero-order chi connectivity index (χ0) is 31.2. The molecule has 0 saturated heterocycles. The molecule has 0 aliphatic heterocycles. The molecule has 0 saturated carbocycles. The number of nitrogens with zero attached hydrogens (tertiary/aromatic N) is 4. The molecule has 2 aromatic carbocycles. The normalized spacial score (nSPS) is 10.8. The summed E-state index contributed by atoms with van der Waals surface area (Å²) in [6, 6.07) is 21.0. The van der Waals surface area contributed by atoms with Gasteiger partial charge in [0.25, 0.3) is 0 Å². The SMILES string of the molecule is Cc1cc(C)c(-c2cccc([N-]CC(C)(C)C)n2)c(C)c1.Cc1cc(C)c(-c2cccc([N-]CC(C)(C)C)n2)c(C)c1.[CH3-].[CH3-].[Zr+4]. The summed E-state index contributed by atoms with van der Waals surface area (Å²) < 4.78 is 0. The van der Waals surface area contributed by atoms with E-state index < -0.39 is 0 Å². The third kappa shape index (κ3) is 13.2. The molecule has 0 bridgehead atoms. The molecular weight excluding hydrogens is 628 g/mol. The van der Waals surface area contributed by atoms with Crippen molar-refractivity contribution in [2.45, 2.75) is 83.1 Å². The Balaban J connectivity index is 0.000000807. The fourth-order valence-electron chi connectivity index (χ4n) is 5.11. The van der Waals surface area contributed by atoms with Gasteiger partial charge in [-0.3, -0.25) is 0 Å². The van der Waals surface area contributed by atoms with E-state index >= 15 is 0 Å². The average molecular weight is 684 g/mol. The third-order valence-electron chi connectivity index (χ3n) is 6.77. The Kier molecular flexibility index (Phi) is 16.7. The predicted octanol–water partition coefficient (Wildman–Crippen LogP) is 12.3. The standard InChI is InChI=1S/2C19H25N2.2CH3.Zr/c2*1-13-10-14(2)18(15(3)11-13)16-8-7-9-17(21-16)20-12-19(4,5)6;;;/h2*7-11H,12H2,1-6H3;2*1H3;/q4*-1;+4. The zero-order valence-corrected chi connectivity index (χ0v) is 32.9. The van der Waals surface area contributed by atoms with Crippen LogP contribution < -0.4 is 0 Å². The van der Waals surface area contributed by atoms with E-state index in [9.17, 15) is 0 Å². The molecule has 0 radical (unpaired) electrons. The minimum atomic E-state index is 0. The van der Waals surface area contributed by atoms with Gasteiger partial charge in [-0.1, -0.05) is 125 Å². The van der Waals surface area contributed by atoms with Crippen molar-refractivity contribution in [1.82, 2.24) is 9.97 Å². The maximum atomic E-state index is 4.73. The minimum absolute atomic E-state index is 0. The Hall–Kier alpha value is -2.78. The molecule has 5 heteroatoms. The largest absolute Gasteiger partial charge is 4.00 e. The molecule has 240 valence electrons. The number of aryl methyl sites for hydroxylation is 6. The second-order valence-corrected chi connectivity index (χ2v) is 14.1. The van der Waals surface area contributed by atoms with Gasteiger partial charge < -0.3 is 35.5 Å². The van der Waals surface area contributed by atoms with Crippen molar-refractivity contribution >= 4 is 11.6 Å². The molecule has 0 unspecified atom stereocenters. The van der Waals surface area contributed by atoms with Crippen LogP contribution in [0.1, 0.15) is 74.9 Å².